The van der Waals surface area contributed by atoms with Crippen molar-refractivity contribution < 1.29 is 66.7 Å². The molecular formula is C30H30O14. The summed E-state index contributed by atoms with van der Waals surface area (Å²) in [6.45, 7) is 1.71. The second kappa shape index (κ2) is 15.3. The number of rotatable bonds is 13. The molecule has 14 heteroatoms. The van der Waals surface area contributed by atoms with E-state index in [2.05, 4.69) is 0 Å². The smallest absolute Gasteiger partial charge is 0.339 e. The third kappa shape index (κ3) is 7.90. The van der Waals surface area contributed by atoms with Crippen LogP contribution in [0.1, 0.15) is 34.6 Å². The van der Waals surface area contributed by atoms with Crippen LogP contribution in [-0.2, 0) is 57.1 Å². The summed E-state index contributed by atoms with van der Waals surface area (Å²) in [5.41, 5.74) is 2.03. The topological polar surface area (TPSA) is 176 Å². The first-order valence-corrected chi connectivity index (χ1v) is 13.6. The van der Waals surface area contributed by atoms with Crippen LogP contribution in [0.15, 0.2) is 48.5 Å². The molecule has 2 aliphatic heterocycles. The van der Waals surface area contributed by atoms with Crippen LogP contribution in [0.3, 0.4) is 0 Å². The fourth-order valence-electron chi connectivity index (χ4n) is 4.24. The highest BCUT2D eigenvalue weighted by atomic mass is 16.7. The van der Waals surface area contributed by atoms with E-state index in [4.69, 9.17) is 37.9 Å². The van der Waals surface area contributed by atoms with E-state index in [1.165, 1.54) is 0 Å². The molecular weight excluding hydrogens is 584 g/mol. The molecule has 0 radical (unpaired) electrons. The van der Waals surface area contributed by atoms with Crippen molar-refractivity contribution in [3.05, 3.63) is 59.7 Å². The van der Waals surface area contributed by atoms with E-state index < -0.39 is 73.1 Å². The molecule has 2 aromatic rings. The number of carbonyl (C=O) groups is 6. The van der Waals surface area contributed by atoms with Crippen LogP contribution < -0.4 is 0 Å². The van der Waals surface area contributed by atoms with E-state index in [-0.39, 0.29) is 37.9 Å². The molecule has 0 bridgehead atoms. The highest BCUT2D eigenvalue weighted by molar-refractivity contribution is 6.00. The molecule has 4 rings (SSSR count). The number of benzene rings is 2. The number of carbonyl (C=O) groups excluding carboxylic acids is 6. The molecule has 0 aliphatic carbocycles. The van der Waals surface area contributed by atoms with E-state index >= 15 is 0 Å². The van der Waals surface area contributed by atoms with Gasteiger partial charge in [-0.15, -0.1) is 0 Å². The van der Waals surface area contributed by atoms with E-state index in [9.17, 15) is 28.8 Å². The maximum absolute atomic E-state index is 12.6. The molecule has 2 aromatic carbocycles. The summed E-state index contributed by atoms with van der Waals surface area (Å²) in [5.74, 6) is -4.31. The first kappa shape index (κ1) is 32.4. The van der Waals surface area contributed by atoms with Gasteiger partial charge < -0.3 is 37.9 Å². The fourth-order valence-corrected chi connectivity index (χ4v) is 4.24. The van der Waals surface area contributed by atoms with E-state index in [1.54, 1.807) is 62.4 Å². The summed E-state index contributed by atoms with van der Waals surface area (Å²) in [6, 6.07) is 12.9. The summed E-state index contributed by atoms with van der Waals surface area (Å²) in [7, 11) is 0. The molecule has 2 heterocycles. The Bertz CT molecular complexity index is 1260. The molecule has 0 unspecified atom stereocenters. The zero-order valence-electron chi connectivity index (χ0n) is 23.9. The Morgan fingerprint density at radius 3 is 1.11 bits per heavy atom. The third-order valence-corrected chi connectivity index (χ3v) is 6.48. The molecule has 0 aromatic heterocycles. The lowest BCUT2D eigenvalue weighted by Crippen LogP contribution is -2.40. The first-order chi connectivity index (χ1) is 21.2. The van der Waals surface area contributed by atoms with Gasteiger partial charge in [0.25, 0.3) is 0 Å². The average Bonchev–Trinajstić information content (AvgIpc) is 3.74. The number of Topliss-reactive ketones (excluding diaryl/α,β-unsaturated/α-hetero) is 2. The molecule has 0 N–H and O–H groups in total. The molecule has 14 nitrogen and oxygen atoms in total. The zero-order valence-corrected chi connectivity index (χ0v) is 23.9. The second-order valence-corrected chi connectivity index (χ2v) is 9.31. The van der Waals surface area contributed by atoms with E-state index in [1.807, 2.05) is 0 Å². The largest absolute Gasteiger partial charge is 0.464 e. The van der Waals surface area contributed by atoms with Crippen molar-refractivity contribution >= 4 is 35.4 Å². The molecule has 0 spiro atoms. The van der Waals surface area contributed by atoms with Crippen LogP contribution in [0.5, 0.6) is 0 Å². The van der Waals surface area contributed by atoms with Gasteiger partial charge in [0.2, 0.25) is 0 Å². The lowest BCUT2D eigenvalue weighted by molar-refractivity contribution is -0.162. The SMILES string of the molecule is CCOC(=O)[C@@H]1OCO[C@H]1C(=O)OCC(=O)c1ccc(-c2ccc(C(=O)COC(=O)[C@@H]3OCO[C@H]3C(=O)OCC)cc2)cc1. The number of ether oxygens (including phenoxy) is 8. The number of esters is 4. The van der Waals surface area contributed by atoms with Crippen molar-refractivity contribution in [1.82, 2.24) is 0 Å². The second-order valence-electron chi connectivity index (χ2n) is 9.31. The highest BCUT2D eigenvalue weighted by Crippen LogP contribution is 2.22. The molecule has 234 valence electrons. The van der Waals surface area contributed by atoms with Gasteiger partial charge in [0.15, 0.2) is 49.2 Å². The third-order valence-electron chi connectivity index (χ3n) is 6.48. The van der Waals surface area contributed by atoms with Gasteiger partial charge in [-0.25, -0.2) is 19.2 Å². The number of hydrogen-bond donors (Lipinski definition) is 0. The predicted octanol–water partition coefficient (Wildman–Crippen LogP) is 1.41. The lowest BCUT2D eigenvalue weighted by atomic mass is 10.0. The summed E-state index contributed by atoms with van der Waals surface area (Å²) >= 11 is 0. The van der Waals surface area contributed by atoms with Crippen molar-refractivity contribution in [2.75, 3.05) is 40.0 Å². The summed E-state index contributed by atoms with van der Waals surface area (Å²) in [4.78, 5) is 73.6. The van der Waals surface area contributed by atoms with Crippen LogP contribution in [-0.4, -0.2) is 99.9 Å². The quantitative estimate of drug-likeness (QED) is 0.180. The van der Waals surface area contributed by atoms with Gasteiger partial charge in [0, 0.05) is 11.1 Å². The molecule has 2 aliphatic rings. The van der Waals surface area contributed by atoms with E-state index in [0.29, 0.717) is 0 Å². The van der Waals surface area contributed by atoms with Crippen LogP contribution in [0.2, 0.25) is 0 Å². The number of hydrogen-bond acceptors (Lipinski definition) is 14. The average molecular weight is 615 g/mol. The van der Waals surface area contributed by atoms with Crippen molar-refractivity contribution in [2.45, 2.75) is 38.3 Å². The van der Waals surface area contributed by atoms with Gasteiger partial charge in [0.1, 0.15) is 13.6 Å². The maximum Gasteiger partial charge on any atom is 0.339 e. The minimum Gasteiger partial charge on any atom is -0.464 e. The van der Waals surface area contributed by atoms with Crippen molar-refractivity contribution in [3.8, 4) is 11.1 Å². The summed E-state index contributed by atoms with van der Waals surface area (Å²) < 4.78 is 40.2. The molecule has 0 amide bonds. The maximum atomic E-state index is 12.6. The van der Waals surface area contributed by atoms with Crippen molar-refractivity contribution in [3.63, 3.8) is 0 Å². The fraction of sp³-hybridized carbons (Fsp3) is 0.400. The Hall–Kier alpha value is -4.50. The van der Waals surface area contributed by atoms with Crippen LogP contribution >= 0.6 is 0 Å². The van der Waals surface area contributed by atoms with Gasteiger partial charge in [-0.1, -0.05) is 48.5 Å². The van der Waals surface area contributed by atoms with Gasteiger partial charge >= 0.3 is 23.9 Å². The highest BCUT2D eigenvalue weighted by Gasteiger charge is 2.44. The lowest BCUT2D eigenvalue weighted by Gasteiger charge is -2.14. The molecule has 4 atom stereocenters. The van der Waals surface area contributed by atoms with Crippen LogP contribution in [0.4, 0.5) is 0 Å². The monoisotopic (exact) mass is 614 g/mol. The molecule has 2 fully saturated rings. The Balaban J connectivity index is 1.26. The Morgan fingerprint density at radius 1 is 0.523 bits per heavy atom. The van der Waals surface area contributed by atoms with Crippen molar-refractivity contribution in [1.29, 1.82) is 0 Å². The molecule has 44 heavy (non-hydrogen) atoms. The molecule has 2 saturated heterocycles. The summed E-state index contributed by atoms with van der Waals surface area (Å²) in [6.07, 6.45) is -5.18. The van der Waals surface area contributed by atoms with E-state index in [0.717, 1.165) is 11.1 Å². The minimum atomic E-state index is -1.33. The Labute approximate surface area is 251 Å². The predicted molar refractivity (Wildman–Crippen MR) is 145 cm³/mol. The zero-order chi connectivity index (χ0) is 31.6. The van der Waals surface area contributed by atoms with Gasteiger partial charge in [-0.2, -0.15) is 0 Å². The minimum absolute atomic E-state index is 0.0998. The standard InChI is InChI=1S/C30H30O14/c1-3-37-27(33)23-25(43-15-41-23)29(35)39-13-21(31)19-9-5-17(6-10-19)18-7-11-20(12-8-18)22(32)14-40-30(36)26-24(42-16-44-26)28(34)38-4-2/h5-12,23-26H,3-4,13-16H2,1-2H3/t23-,24-,25-,26-/m1/s1. The summed E-state index contributed by atoms with van der Waals surface area (Å²) in [5, 5.41) is 0. The van der Waals surface area contributed by atoms with Crippen LogP contribution in [0, 0.1) is 0 Å². The van der Waals surface area contributed by atoms with Gasteiger partial charge in [0.05, 0.1) is 13.2 Å². The Kier molecular flexibility index (Phi) is 11.3. The van der Waals surface area contributed by atoms with Gasteiger partial charge in [-0.3, -0.25) is 9.59 Å². The van der Waals surface area contributed by atoms with Crippen molar-refractivity contribution in [2.24, 2.45) is 0 Å². The number of ketones is 2. The van der Waals surface area contributed by atoms with Gasteiger partial charge in [-0.05, 0) is 25.0 Å². The van der Waals surface area contributed by atoms with Crippen LogP contribution in [0.25, 0.3) is 11.1 Å². The Morgan fingerprint density at radius 2 is 0.818 bits per heavy atom. The normalized spacial score (nSPS) is 20.9. The molecule has 0 saturated carbocycles. The first-order valence-electron chi connectivity index (χ1n) is 13.6.